The van der Waals surface area contributed by atoms with Gasteiger partial charge in [-0.1, -0.05) is 11.6 Å². The second-order valence-electron chi connectivity index (χ2n) is 2.15. The third kappa shape index (κ3) is 2.22. The lowest BCUT2D eigenvalue weighted by Gasteiger charge is -2.04. The van der Waals surface area contributed by atoms with Crippen LogP contribution < -0.4 is 0 Å². The maximum Gasteiger partial charge on any atom is 0.281 e. The SMILES string of the molecule is O=Cc1cc(Br)c(Cl)c(C(F)F)n1. The Labute approximate surface area is 86.0 Å². The van der Waals surface area contributed by atoms with Gasteiger partial charge >= 0.3 is 0 Å². The lowest BCUT2D eigenvalue weighted by Crippen LogP contribution is -1.97. The third-order valence-electron chi connectivity index (χ3n) is 1.29. The molecule has 0 fully saturated rings. The molecular formula is C7H3BrClF2NO. The minimum atomic E-state index is -2.79. The third-order valence-corrected chi connectivity index (χ3v) is 2.54. The lowest BCUT2D eigenvalue weighted by atomic mass is 10.3. The number of rotatable bonds is 2. The first-order valence-electron chi connectivity index (χ1n) is 3.15. The molecule has 0 saturated carbocycles. The van der Waals surface area contributed by atoms with Crippen LogP contribution in [-0.2, 0) is 0 Å². The van der Waals surface area contributed by atoms with Crippen LogP contribution in [0.15, 0.2) is 10.5 Å². The number of carbonyl (C=O) groups is 1. The highest BCUT2D eigenvalue weighted by Crippen LogP contribution is 2.31. The predicted octanol–water partition coefficient (Wildman–Crippen LogP) is 3.25. The highest BCUT2D eigenvalue weighted by Gasteiger charge is 2.17. The minimum Gasteiger partial charge on any atom is -0.296 e. The number of hydrogen-bond donors (Lipinski definition) is 0. The number of hydrogen-bond acceptors (Lipinski definition) is 2. The Hall–Kier alpha value is -0.550. The van der Waals surface area contributed by atoms with E-state index >= 15 is 0 Å². The van der Waals surface area contributed by atoms with Gasteiger partial charge in [-0.2, -0.15) is 0 Å². The number of aromatic nitrogens is 1. The molecule has 1 heterocycles. The molecule has 0 aromatic carbocycles. The summed E-state index contributed by atoms with van der Waals surface area (Å²) in [6, 6.07) is 1.28. The van der Waals surface area contributed by atoms with Gasteiger partial charge in [-0.15, -0.1) is 0 Å². The molecule has 0 radical (unpaired) electrons. The molecule has 1 aromatic heterocycles. The summed E-state index contributed by atoms with van der Waals surface area (Å²) >= 11 is 8.45. The fourth-order valence-corrected chi connectivity index (χ4v) is 1.36. The van der Waals surface area contributed by atoms with E-state index in [-0.39, 0.29) is 15.2 Å². The van der Waals surface area contributed by atoms with Gasteiger partial charge < -0.3 is 0 Å². The summed E-state index contributed by atoms with van der Waals surface area (Å²) in [4.78, 5) is 13.6. The zero-order valence-corrected chi connectivity index (χ0v) is 8.44. The van der Waals surface area contributed by atoms with Crippen molar-refractivity contribution in [3.63, 3.8) is 0 Å². The second kappa shape index (κ2) is 4.11. The van der Waals surface area contributed by atoms with E-state index in [0.29, 0.717) is 6.29 Å². The molecule has 0 saturated heterocycles. The zero-order chi connectivity index (χ0) is 10.0. The second-order valence-corrected chi connectivity index (χ2v) is 3.38. The van der Waals surface area contributed by atoms with E-state index in [0.717, 1.165) is 0 Å². The normalized spacial score (nSPS) is 10.5. The Morgan fingerprint density at radius 3 is 2.69 bits per heavy atom. The molecule has 0 aliphatic carbocycles. The lowest BCUT2D eigenvalue weighted by molar-refractivity contribution is 0.111. The van der Waals surface area contributed by atoms with E-state index < -0.39 is 12.1 Å². The Morgan fingerprint density at radius 1 is 1.62 bits per heavy atom. The van der Waals surface area contributed by atoms with Gasteiger partial charge in [-0.05, 0) is 22.0 Å². The highest BCUT2D eigenvalue weighted by atomic mass is 79.9. The van der Waals surface area contributed by atoms with Crippen LogP contribution in [0.25, 0.3) is 0 Å². The average Bonchev–Trinajstić information content (AvgIpc) is 2.09. The topological polar surface area (TPSA) is 30.0 Å². The van der Waals surface area contributed by atoms with Crippen molar-refractivity contribution in [3.05, 3.63) is 26.9 Å². The summed E-state index contributed by atoms with van der Waals surface area (Å²) in [5, 5.41) is -0.166. The van der Waals surface area contributed by atoms with Gasteiger partial charge in [0.05, 0.1) is 5.02 Å². The molecule has 13 heavy (non-hydrogen) atoms. The number of aldehydes is 1. The molecule has 0 atom stereocenters. The smallest absolute Gasteiger partial charge is 0.281 e. The van der Waals surface area contributed by atoms with Gasteiger partial charge in [0.15, 0.2) is 6.29 Å². The maximum absolute atomic E-state index is 12.2. The van der Waals surface area contributed by atoms with E-state index in [1.807, 2.05) is 0 Å². The van der Waals surface area contributed by atoms with Crippen LogP contribution >= 0.6 is 27.5 Å². The fourth-order valence-electron chi connectivity index (χ4n) is 0.741. The number of nitrogens with zero attached hydrogens (tertiary/aromatic N) is 1. The van der Waals surface area contributed by atoms with Gasteiger partial charge in [0.25, 0.3) is 6.43 Å². The zero-order valence-electron chi connectivity index (χ0n) is 6.10. The first kappa shape index (κ1) is 10.5. The highest BCUT2D eigenvalue weighted by molar-refractivity contribution is 9.10. The molecule has 1 rings (SSSR count). The molecule has 0 amide bonds. The van der Waals surface area contributed by atoms with E-state index in [9.17, 15) is 13.6 Å². The molecule has 70 valence electrons. The Balaban J connectivity index is 3.32. The average molecular weight is 270 g/mol. The summed E-state index contributed by atoms with van der Waals surface area (Å²) in [5.74, 6) is 0. The van der Waals surface area contributed by atoms with Crippen molar-refractivity contribution in [1.82, 2.24) is 4.98 Å². The quantitative estimate of drug-likeness (QED) is 0.772. The largest absolute Gasteiger partial charge is 0.296 e. The molecule has 0 aliphatic heterocycles. The first-order chi connectivity index (χ1) is 6.06. The summed E-state index contributed by atoms with van der Waals surface area (Å²) in [5.41, 5.74) is -0.662. The fraction of sp³-hybridized carbons (Fsp3) is 0.143. The molecular weight excluding hydrogens is 267 g/mol. The van der Waals surface area contributed by atoms with Gasteiger partial charge in [-0.3, -0.25) is 4.79 Å². The van der Waals surface area contributed by atoms with Crippen molar-refractivity contribution in [1.29, 1.82) is 0 Å². The molecule has 0 spiro atoms. The van der Waals surface area contributed by atoms with E-state index in [1.165, 1.54) is 6.07 Å². The van der Waals surface area contributed by atoms with Crippen molar-refractivity contribution in [2.24, 2.45) is 0 Å². The summed E-state index contributed by atoms with van der Waals surface area (Å²) < 4.78 is 24.7. The van der Waals surface area contributed by atoms with E-state index in [2.05, 4.69) is 20.9 Å². The number of pyridine rings is 1. The van der Waals surface area contributed by atoms with Crippen molar-refractivity contribution < 1.29 is 13.6 Å². The monoisotopic (exact) mass is 269 g/mol. The predicted molar refractivity (Wildman–Crippen MR) is 47.3 cm³/mol. The Kier molecular flexibility index (Phi) is 3.33. The van der Waals surface area contributed by atoms with Crippen LogP contribution in [0, 0.1) is 0 Å². The maximum atomic E-state index is 12.2. The molecule has 0 aliphatic rings. The van der Waals surface area contributed by atoms with Crippen molar-refractivity contribution in [3.8, 4) is 0 Å². The van der Waals surface area contributed by atoms with Crippen molar-refractivity contribution in [2.75, 3.05) is 0 Å². The van der Waals surface area contributed by atoms with Crippen LogP contribution in [0.1, 0.15) is 22.6 Å². The summed E-state index contributed by atoms with van der Waals surface area (Å²) in [7, 11) is 0. The Bertz CT molecular complexity index is 346. The molecule has 6 heteroatoms. The number of halogens is 4. The van der Waals surface area contributed by atoms with Gasteiger partial charge in [0, 0.05) is 4.47 Å². The van der Waals surface area contributed by atoms with Crippen LogP contribution in [-0.4, -0.2) is 11.3 Å². The van der Waals surface area contributed by atoms with Crippen molar-refractivity contribution >= 4 is 33.8 Å². The number of alkyl halides is 2. The summed E-state index contributed by atoms with van der Waals surface area (Å²) in [6.07, 6.45) is -2.41. The first-order valence-corrected chi connectivity index (χ1v) is 4.32. The van der Waals surface area contributed by atoms with Crippen molar-refractivity contribution in [2.45, 2.75) is 6.43 Å². The summed E-state index contributed by atoms with van der Waals surface area (Å²) in [6.45, 7) is 0. The van der Waals surface area contributed by atoms with E-state index in [4.69, 9.17) is 11.6 Å². The minimum absolute atomic E-state index is 0.0772. The van der Waals surface area contributed by atoms with Crippen LogP contribution in [0.4, 0.5) is 8.78 Å². The van der Waals surface area contributed by atoms with Gasteiger partial charge in [-0.25, -0.2) is 13.8 Å². The van der Waals surface area contributed by atoms with E-state index in [1.54, 1.807) is 0 Å². The standard InChI is InChI=1S/C7H3BrClF2NO/c8-4-1-3(2-13)12-6(5(4)9)7(10)11/h1-2,7H. The van der Waals surface area contributed by atoms with Crippen LogP contribution in [0.3, 0.4) is 0 Å². The molecule has 1 aromatic rings. The number of carbonyl (C=O) groups excluding carboxylic acids is 1. The van der Waals surface area contributed by atoms with Crippen LogP contribution in [0.5, 0.6) is 0 Å². The molecule has 2 nitrogen and oxygen atoms in total. The van der Waals surface area contributed by atoms with Crippen LogP contribution in [0.2, 0.25) is 5.02 Å². The molecule has 0 N–H and O–H groups in total. The van der Waals surface area contributed by atoms with Gasteiger partial charge in [0.1, 0.15) is 11.4 Å². The Morgan fingerprint density at radius 2 is 2.23 bits per heavy atom. The molecule has 0 bridgehead atoms. The van der Waals surface area contributed by atoms with Gasteiger partial charge in [0.2, 0.25) is 0 Å². The molecule has 0 unspecified atom stereocenters.